The second-order valence-corrected chi connectivity index (χ2v) is 8.05. The van der Waals surface area contributed by atoms with E-state index in [1.807, 2.05) is 24.3 Å². The zero-order chi connectivity index (χ0) is 21.6. The minimum atomic E-state index is -0.815. The molecule has 1 aliphatic heterocycles. The van der Waals surface area contributed by atoms with E-state index >= 15 is 0 Å². The molecule has 0 bridgehead atoms. The third-order valence-corrected chi connectivity index (χ3v) is 5.10. The number of amides is 1. The van der Waals surface area contributed by atoms with Gasteiger partial charge in [0, 0.05) is 15.7 Å². The number of carbonyl (C=O) groups is 2. The molecule has 0 unspecified atom stereocenters. The van der Waals surface area contributed by atoms with Gasteiger partial charge >= 0.3 is 5.97 Å². The van der Waals surface area contributed by atoms with Gasteiger partial charge in [0.15, 0.2) is 12.9 Å². The maximum atomic E-state index is 12.8. The summed E-state index contributed by atoms with van der Waals surface area (Å²) in [5, 5.41) is 2.87. The summed E-state index contributed by atoms with van der Waals surface area (Å²) in [6, 6.07) is 14.4. The Balaban J connectivity index is 1.51. The van der Waals surface area contributed by atoms with Crippen molar-refractivity contribution in [1.82, 2.24) is 0 Å². The van der Waals surface area contributed by atoms with Crippen LogP contribution in [-0.4, -0.2) is 38.3 Å². The lowest BCUT2D eigenvalue weighted by molar-refractivity contribution is -0.226. The first kappa shape index (κ1) is 22.3. The van der Waals surface area contributed by atoms with Gasteiger partial charge in [0.2, 0.25) is 5.91 Å². The third-order valence-electron chi connectivity index (χ3n) is 4.57. The van der Waals surface area contributed by atoms with Crippen LogP contribution in [0.15, 0.2) is 53.0 Å². The van der Waals surface area contributed by atoms with Crippen molar-refractivity contribution in [3.63, 3.8) is 0 Å². The normalized spacial score (nSPS) is 21.0. The molecule has 1 aliphatic rings. The van der Waals surface area contributed by atoms with Crippen molar-refractivity contribution < 1.29 is 28.5 Å². The van der Waals surface area contributed by atoms with E-state index < -0.39 is 17.7 Å². The molecule has 7 nitrogen and oxygen atoms in total. The van der Waals surface area contributed by atoms with E-state index in [4.69, 9.17) is 18.9 Å². The first-order valence-electron chi connectivity index (χ1n) is 9.58. The van der Waals surface area contributed by atoms with Gasteiger partial charge in [0.25, 0.3) is 0 Å². The molecule has 1 fully saturated rings. The lowest BCUT2D eigenvalue weighted by Gasteiger charge is -2.36. The van der Waals surface area contributed by atoms with Crippen molar-refractivity contribution in [2.24, 2.45) is 5.41 Å². The van der Waals surface area contributed by atoms with Crippen LogP contribution in [0, 0.1) is 5.41 Å². The maximum absolute atomic E-state index is 12.8. The first-order valence-corrected chi connectivity index (χ1v) is 10.4. The molecule has 1 heterocycles. The van der Waals surface area contributed by atoms with Crippen molar-refractivity contribution in [1.29, 1.82) is 0 Å². The monoisotopic (exact) mass is 477 g/mol. The van der Waals surface area contributed by atoms with Gasteiger partial charge in [0.05, 0.1) is 25.2 Å². The number of ether oxygens (including phenoxy) is 4. The molecular weight excluding hydrogens is 454 g/mol. The van der Waals surface area contributed by atoms with Gasteiger partial charge in [-0.25, -0.2) is 4.79 Å². The number of anilines is 1. The number of hydrogen-bond acceptors (Lipinski definition) is 6. The van der Waals surface area contributed by atoms with Gasteiger partial charge in [-0.2, -0.15) is 0 Å². The fraction of sp³-hybridized carbons (Fsp3) is 0.364. The van der Waals surface area contributed by atoms with Crippen molar-refractivity contribution >= 4 is 33.5 Å². The summed E-state index contributed by atoms with van der Waals surface area (Å²) in [5.41, 5.74) is 0.698. The lowest BCUT2D eigenvalue weighted by atomic mass is 9.90. The highest BCUT2D eigenvalue weighted by molar-refractivity contribution is 9.10. The number of esters is 1. The fourth-order valence-corrected chi connectivity index (χ4v) is 3.08. The van der Waals surface area contributed by atoms with Crippen LogP contribution in [-0.2, 0) is 23.8 Å². The van der Waals surface area contributed by atoms with E-state index in [1.165, 1.54) is 0 Å². The molecule has 1 saturated heterocycles. The Morgan fingerprint density at radius 3 is 2.33 bits per heavy atom. The van der Waals surface area contributed by atoms with E-state index in [-0.39, 0.29) is 25.7 Å². The van der Waals surface area contributed by atoms with Gasteiger partial charge in [-0.3, -0.25) is 4.79 Å². The second kappa shape index (κ2) is 10.1. The van der Waals surface area contributed by atoms with Gasteiger partial charge in [-0.1, -0.05) is 28.1 Å². The van der Waals surface area contributed by atoms with Gasteiger partial charge < -0.3 is 24.3 Å². The van der Waals surface area contributed by atoms with E-state index in [9.17, 15) is 9.59 Å². The van der Waals surface area contributed by atoms with Crippen LogP contribution in [0.2, 0.25) is 0 Å². The predicted octanol–water partition coefficient (Wildman–Crippen LogP) is 4.08. The Bertz CT molecular complexity index is 860. The van der Waals surface area contributed by atoms with E-state index in [1.54, 1.807) is 38.1 Å². The minimum Gasteiger partial charge on any atom is -0.482 e. The van der Waals surface area contributed by atoms with Crippen LogP contribution in [0.5, 0.6) is 5.75 Å². The number of halogens is 1. The topological polar surface area (TPSA) is 83.1 Å². The summed E-state index contributed by atoms with van der Waals surface area (Å²) >= 11 is 3.40. The van der Waals surface area contributed by atoms with Gasteiger partial charge in [0.1, 0.15) is 5.75 Å². The number of nitrogens with one attached hydrogen (secondary N) is 1. The van der Waals surface area contributed by atoms with E-state index in [0.717, 1.165) is 10.0 Å². The molecule has 2 aromatic carbocycles. The minimum absolute atomic E-state index is 0.161. The summed E-state index contributed by atoms with van der Waals surface area (Å²) in [6.07, 6.45) is -0.491. The highest BCUT2D eigenvalue weighted by atomic mass is 79.9. The Kier molecular flexibility index (Phi) is 7.47. The fourth-order valence-electron chi connectivity index (χ4n) is 2.81. The van der Waals surface area contributed by atoms with Crippen LogP contribution in [0.25, 0.3) is 0 Å². The quantitative estimate of drug-likeness (QED) is 0.604. The zero-order valence-corrected chi connectivity index (χ0v) is 18.4. The Morgan fingerprint density at radius 2 is 1.73 bits per heavy atom. The predicted molar refractivity (Wildman–Crippen MR) is 114 cm³/mol. The molecule has 0 saturated carbocycles. The van der Waals surface area contributed by atoms with Crippen LogP contribution in [0.4, 0.5) is 5.69 Å². The molecule has 8 heteroatoms. The van der Waals surface area contributed by atoms with Gasteiger partial charge in [-0.15, -0.1) is 0 Å². The third kappa shape index (κ3) is 5.81. The lowest BCUT2D eigenvalue weighted by Crippen LogP contribution is -2.45. The summed E-state index contributed by atoms with van der Waals surface area (Å²) < 4.78 is 22.8. The number of benzene rings is 2. The van der Waals surface area contributed by atoms with Crippen molar-refractivity contribution in [2.45, 2.75) is 20.1 Å². The van der Waals surface area contributed by atoms with E-state index in [0.29, 0.717) is 18.0 Å². The average molecular weight is 478 g/mol. The number of rotatable bonds is 7. The molecular formula is C22H24BrNO6. The SMILES string of the molecule is CCOC(=O)COc1ccc(NC(=O)C2(C)COC(c3ccc(Br)cc3)OC2)cc1. The molecule has 160 valence electrons. The van der Waals surface area contributed by atoms with Crippen LogP contribution in [0.1, 0.15) is 25.7 Å². The summed E-state index contributed by atoms with van der Waals surface area (Å²) in [7, 11) is 0. The Morgan fingerprint density at radius 1 is 1.10 bits per heavy atom. The molecule has 1 N–H and O–H groups in total. The number of carbonyl (C=O) groups excluding carboxylic acids is 2. The van der Waals surface area contributed by atoms with Crippen molar-refractivity contribution in [3.05, 3.63) is 58.6 Å². The van der Waals surface area contributed by atoms with Crippen LogP contribution < -0.4 is 10.1 Å². The molecule has 0 aliphatic carbocycles. The summed E-state index contributed by atoms with van der Waals surface area (Å²) in [4.78, 5) is 24.1. The summed E-state index contributed by atoms with van der Waals surface area (Å²) in [5.74, 6) is -0.118. The average Bonchev–Trinajstić information content (AvgIpc) is 2.75. The molecule has 0 radical (unpaired) electrons. The standard InChI is InChI=1S/C22H24BrNO6/c1-3-27-19(25)12-28-18-10-8-17(9-11-18)24-21(26)22(2)13-29-20(30-14-22)15-4-6-16(23)7-5-15/h4-11,20H,3,12-14H2,1-2H3,(H,24,26). The second-order valence-electron chi connectivity index (χ2n) is 7.14. The Labute approximate surface area is 183 Å². The molecule has 2 aromatic rings. The smallest absolute Gasteiger partial charge is 0.344 e. The largest absolute Gasteiger partial charge is 0.482 e. The zero-order valence-electron chi connectivity index (χ0n) is 16.9. The Hall–Kier alpha value is -2.42. The molecule has 0 aromatic heterocycles. The highest BCUT2D eigenvalue weighted by Crippen LogP contribution is 2.33. The van der Waals surface area contributed by atoms with Crippen molar-refractivity contribution in [3.8, 4) is 5.75 Å². The highest BCUT2D eigenvalue weighted by Gasteiger charge is 2.39. The van der Waals surface area contributed by atoms with Crippen LogP contribution >= 0.6 is 15.9 Å². The molecule has 3 rings (SSSR count). The van der Waals surface area contributed by atoms with Crippen LogP contribution in [0.3, 0.4) is 0 Å². The molecule has 30 heavy (non-hydrogen) atoms. The molecule has 0 spiro atoms. The maximum Gasteiger partial charge on any atom is 0.344 e. The van der Waals surface area contributed by atoms with Gasteiger partial charge in [-0.05, 0) is 50.2 Å². The molecule has 0 atom stereocenters. The first-order chi connectivity index (χ1) is 14.4. The number of hydrogen-bond donors (Lipinski definition) is 1. The molecule has 1 amide bonds. The summed E-state index contributed by atoms with van der Waals surface area (Å²) in [6.45, 7) is 4.16. The van der Waals surface area contributed by atoms with Crippen molar-refractivity contribution in [2.75, 3.05) is 31.7 Å². The van der Waals surface area contributed by atoms with E-state index in [2.05, 4.69) is 21.2 Å².